The van der Waals surface area contributed by atoms with Crippen LogP contribution in [0.2, 0.25) is 0 Å². The zero-order chi connectivity index (χ0) is 11.0. The minimum atomic E-state index is 0.641. The van der Waals surface area contributed by atoms with Crippen molar-refractivity contribution in [1.29, 1.82) is 0 Å². The number of hydrogen-bond donors (Lipinski definition) is 1. The van der Waals surface area contributed by atoms with E-state index in [1.807, 2.05) is 0 Å². The van der Waals surface area contributed by atoms with Crippen LogP contribution in [0.4, 0.5) is 0 Å². The molecule has 0 heterocycles. The normalized spacial score (nSPS) is 13.6. The van der Waals surface area contributed by atoms with Gasteiger partial charge in [0, 0.05) is 24.5 Å². The maximum Gasteiger partial charge on any atom is 0.0415 e. The molecule has 0 aromatic carbocycles. The lowest BCUT2D eigenvalue weighted by atomic mass is 10.2. The van der Waals surface area contributed by atoms with Gasteiger partial charge in [0.15, 0.2) is 0 Å². The first-order valence-electron chi connectivity index (χ1n) is 5.49. The molecule has 0 spiro atoms. The van der Waals surface area contributed by atoms with Gasteiger partial charge in [0.25, 0.3) is 0 Å². The van der Waals surface area contributed by atoms with Gasteiger partial charge in [-0.05, 0) is 32.3 Å². The van der Waals surface area contributed by atoms with Crippen LogP contribution in [0.15, 0.2) is 16.8 Å². The Kier molecular flexibility index (Phi) is 7.17. The van der Waals surface area contributed by atoms with Crippen molar-refractivity contribution >= 4 is 5.71 Å². The number of allylic oxidation sites excluding steroid dienone is 2. The Morgan fingerprint density at radius 2 is 2.00 bits per heavy atom. The van der Waals surface area contributed by atoms with E-state index >= 15 is 0 Å². The number of aliphatic imine (C=N–C) groups is 1. The minimum Gasteiger partial charge on any atom is -0.389 e. The van der Waals surface area contributed by atoms with Gasteiger partial charge in [0.05, 0.1) is 0 Å². The van der Waals surface area contributed by atoms with Crippen molar-refractivity contribution in [3.63, 3.8) is 0 Å². The Labute approximate surface area is 88.5 Å². The molecule has 0 bridgehead atoms. The molecule has 0 aliphatic rings. The fraction of sp³-hybridized carbons (Fsp3) is 0.750. The average molecular weight is 196 g/mol. The lowest BCUT2D eigenvalue weighted by molar-refractivity contribution is 0.665. The van der Waals surface area contributed by atoms with E-state index in [2.05, 4.69) is 51.0 Å². The Bertz CT molecular complexity index is 202. The summed E-state index contributed by atoms with van der Waals surface area (Å²) in [5, 5.41) is 3.33. The van der Waals surface area contributed by atoms with E-state index in [-0.39, 0.29) is 0 Å². The van der Waals surface area contributed by atoms with E-state index in [1.54, 1.807) is 0 Å². The molecule has 2 nitrogen and oxygen atoms in total. The number of nitrogens with one attached hydrogen (secondary N) is 1. The summed E-state index contributed by atoms with van der Waals surface area (Å²) in [5.74, 6) is 0.641. The minimum absolute atomic E-state index is 0.641. The predicted molar refractivity (Wildman–Crippen MR) is 64.9 cm³/mol. The summed E-state index contributed by atoms with van der Waals surface area (Å²) in [5.41, 5.74) is 2.32. The van der Waals surface area contributed by atoms with Crippen LogP contribution in [-0.2, 0) is 0 Å². The first-order valence-corrected chi connectivity index (χ1v) is 5.49. The van der Waals surface area contributed by atoms with E-state index in [0.717, 1.165) is 25.2 Å². The van der Waals surface area contributed by atoms with Crippen molar-refractivity contribution in [1.82, 2.24) is 5.32 Å². The maximum absolute atomic E-state index is 4.47. The van der Waals surface area contributed by atoms with Gasteiger partial charge in [-0.25, -0.2) is 0 Å². The van der Waals surface area contributed by atoms with Crippen LogP contribution in [0.3, 0.4) is 0 Å². The van der Waals surface area contributed by atoms with Crippen molar-refractivity contribution in [2.45, 2.75) is 41.0 Å². The molecular formula is C12H24N2. The van der Waals surface area contributed by atoms with Gasteiger partial charge in [-0.3, -0.25) is 4.99 Å². The Morgan fingerprint density at radius 1 is 1.36 bits per heavy atom. The molecule has 0 radical (unpaired) electrons. The Morgan fingerprint density at radius 3 is 2.50 bits per heavy atom. The van der Waals surface area contributed by atoms with Gasteiger partial charge in [0.2, 0.25) is 0 Å². The van der Waals surface area contributed by atoms with Gasteiger partial charge >= 0.3 is 0 Å². The molecule has 82 valence electrons. The summed E-state index contributed by atoms with van der Waals surface area (Å²) in [4.78, 5) is 4.47. The molecule has 0 amide bonds. The van der Waals surface area contributed by atoms with Crippen molar-refractivity contribution in [2.75, 3.05) is 13.1 Å². The fourth-order valence-electron chi connectivity index (χ4n) is 1.06. The largest absolute Gasteiger partial charge is 0.389 e. The van der Waals surface area contributed by atoms with Crippen LogP contribution < -0.4 is 5.32 Å². The predicted octanol–water partition coefficient (Wildman–Crippen LogP) is 3.01. The highest BCUT2D eigenvalue weighted by molar-refractivity contribution is 5.93. The molecule has 0 fully saturated rings. The van der Waals surface area contributed by atoms with Crippen molar-refractivity contribution in [2.24, 2.45) is 10.9 Å². The van der Waals surface area contributed by atoms with Crippen molar-refractivity contribution in [3.8, 4) is 0 Å². The standard InChI is InChI=1S/C12H24N2/c1-6-7-13-11(4)8-12(5)14-9-10(2)3/h8,10,13H,6-7,9H2,1-5H3/b11-8-,14-12?. The highest BCUT2D eigenvalue weighted by Gasteiger charge is 1.92. The molecule has 0 saturated carbocycles. The van der Waals surface area contributed by atoms with E-state index in [9.17, 15) is 0 Å². The zero-order valence-corrected chi connectivity index (χ0v) is 10.2. The fourth-order valence-corrected chi connectivity index (χ4v) is 1.06. The van der Waals surface area contributed by atoms with Gasteiger partial charge in [-0.1, -0.05) is 20.8 Å². The second-order valence-corrected chi connectivity index (χ2v) is 4.13. The Hall–Kier alpha value is -0.790. The molecule has 0 aliphatic carbocycles. The maximum atomic E-state index is 4.47. The van der Waals surface area contributed by atoms with E-state index in [4.69, 9.17) is 0 Å². The third-order valence-electron chi connectivity index (χ3n) is 1.79. The third kappa shape index (κ3) is 7.84. The number of nitrogens with zero attached hydrogens (tertiary/aromatic N) is 1. The number of rotatable bonds is 6. The number of hydrogen-bond acceptors (Lipinski definition) is 2. The molecule has 0 aromatic heterocycles. The monoisotopic (exact) mass is 196 g/mol. The SMILES string of the molecule is CCCN/C(C)=C\C(C)=NCC(C)C. The summed E-state index contributed by atoms with van der Waals surface area (Å²) >= 11 is 0. The molecule has 0 atom stereocenters. The second-order valence-electron chi connectivity index (χ2n) is 4.13. The first kappa shape index (κ1) is 13.2. The highest BCUT2D eigenvalue weighted by atomic mass is 14.9. The van der Waals surface area contributed by atoms with Gasteiger partial charge in [-0.15, -0.1) is 0 Å². The third-order valence-corrected chi connectivity index (χ3v) is 1.79. The van der Waals surface area contributed by atoms with Crippen molar-refractivity contribution in [3.05, 3.63) is 11.8 Å². The van der Waals surface area contributed by atoms with Crippen LogP contribution in [-0.4, -0.2) is 18.8 Å². The molecule has 2 heteroatoms. The van der Waals surface area contributed by atoms with E-state index in [1.165, 1.54) is 5.70 Å². The molecule has 14 heavy (non-hydrogen) atoms. The van der Waals surface area contributed by atoms with E-state index < -0.39 is 0 Å². The topological polar surface area (TPSA) is 24.4 Å². The smallest absolute Gasteiger partial charge is 0.0415 e. The molecule has 0 aliphatic heterocycles. The molecule has 1 N–H and O–H groups in total. The first-order chi connectivity index (χ1) is 6.56. The Balaban J connectivity index is 3.99. The van der Waals surface area contributed by atoms with Crippen LogP contribution in [0.1, 0.15) is 41.0 Å². The van der Waals surface area contributed by atoms with Crippen LogP contribution in [0, 0.1) is 5.92 Å². The highest BCUT2D eigenvalue weighted by Crippen LogP contribution is 1.95. The lowest BCUT2D eigenvalue weighted by Crippen LogP contribution is -2.12. The molecular weight excluding hydrogens is 172 g/mol. The second kappa shape index (κ2) is 7.60. The molecule has 0 unspecified atom stereocenters. The summed E-state index contributed by atoms with van der Waals surface area (Å²) in [6, 6.07) is 0. The van der Waals surface area contributed by atoms with Gasteiger partial charge in [0.1, 0.15) is 0 Å². The van der Waals surface area contributed by atoms with E-state index in [0.29, 0.717) is 5.92 Å². The van der Waals surface area contributed by atoms with Gasteiger partial charge < -0.3 is 5.32 Å². The summed E-state index contributed by atoms with van der Waals surface area (Å²) in [7, 11) is 0. The quantitative estimate of drug-likeness (QED) is 0.649. The molecule has 0 saturated heterocycles. The van der Waals surface area contributed by atoms with Crippen LogP contribution in [0.5, 0.6) is 0 Å². The molecule has 0 rings (SSSR count). The summed E-state index contributed by atoms with van der Waals surface area (Å²) in [6.45, 7) is 12.6. The van der Waals surface area contributed by atoms with Gasteiger partial charge in [-0.2, -0.15) is 0 Å². The molecule has 0 aromatic rings. The lowest BCUT2D eigenvalue weighted by Gasteiger charge is -2.04. The zero-order valence-electron chi connectivity index (χ0n) is 10.2. The average Bonchev–Trinajstić information content (AvgIpc) is 2.11. The van der Waals surface area contributed by atoms with Crippen LogP contribution in [0.25, 0.3) is 0 Å². The summed E-state index contributed by atoms with van der Waals surface area (Å²) in [6.07, 6.45) is 3.27. The summed E-state index contributed by atoms with van der Waals surface area (Å²) < 4.78 is 0. The van der Waals surface area contributed by atoms with Crippen molar-refractivity contribution < 1.29 is 0 Å². The van der Waals surface area contributed by atoms with Crippen LogP contribution >= 0.6 is 0 Å².